The van der Waals surface area contributed by atoms with Crippen LogP contribution in [0.4, 0.5) is 5.69 Å². The number of aromatic hydroxyl groups is 1. The third-order valence-corrected chi connectivity index (χ3v) is 6.50. The second-order valence-electron chi connectivity index (χ2n) is 8.11. The Morgan fingerprint density at radius 2 is 1.97 bits per heavy atom. The molecule has 0 aromatic heterocycles. The number of anilines is 1. The molecule has 8 nitrogen and oxygen atoms in total. The third kappa shape index (κ3) is 2.30. The number of ketones is 2. The number of carbonyl (C=O) groups is 3. The number of phenols is 1. The summed E-state index contributed by atoms with van der Waals surface area (Å²) in [6.07, 6.45) is 6.06. The summed E-state index contributed by atoms with van der Waals surface area (Å²) in [5, 5.41) is 32.6. The first kappa shape index (κ1) is 19.7. The van der Waals surface area contributed by atoms with Crippen LogP contribution in [0.2, 0.25) is 0 Å². The predicted octanol–water partition coefficient (Wildman–Crippen LogP) is 0.648. The van der Waals surface area contributed by atoms with Crippen molar-refractivity contribution in [3.05, 3.63) is 45.2 Å². The van der Waals surface area contributed by atoms with Crippen molar-refractivity contribution in [1.82, 2.24) is 0 Å². The predicted molar refractivity (Wildman–Crippen MR) is 106 cm³/mol. The molecule has 3 atom stereocenters. The summed E-state index contributed by atoms with van der Waals surface area (Å²) in [7, 11) is 0. The molecule has 3 aliphatic carbocycles. The number of primary amides is 1. The highest BCUT2D eigenvalue weighted by Gasteiger charge is 2.58. The van der Waals surface area contributed by atoms with E-state index in [4.69, 9.17) is 17.9 Å². The molecule has 30 heavy (non-hydrogen) atoms. The molecule has 0 radical (unpaired) electrons. The van der Waals surface area contributed by atoms with Gasteiger partial charge in [-0.1, -0.05) is 11.5 Å². The Morgan fingerprint density at radius 3 is 2.57 bits per heavy atom. The Labute approximate surface area is 171 Å². The summed E-state index contributed by atoms with van der Waals surface area (Å²) >= 11 is 0. The van der Waals surface area contributed by atoms with Crippen LogP contribution in [0.3, 0.4) is 0 Å². The number of nitrogens with two attached hydrogens (primary N) is 2. The zero-order valence-corrected chi connectivity index (χ0v) is 16.2. The van der Waals surface area contributed by atoms with Crippen molar-refractivity contribution in [2.75, 3.05) is 5.73 Å². The van der Waals surface area contributed by atoms with Crippen molar-refractivity contribution in [2.24, 2.45) is 17.6 Å². The fraction of sp³-hybridized carbons (Fsp3) is 0.318. The molecule has 1 aromatic rings. The summed E-state index contributed by atoms with van der Waals surface area (Å²) in [5.74, 6) is -2.92. The van der Waals surface area contributed by atoms with Gasteiger partial charge in [-0.25, -0.2) is 0 Å². The van der Waals surface area contributed by atoms with E-state index in [9.17, 15) is 29.7 Å². The van der Waals surface area contributed by atoms with Crippen LogP contribution in [-0.4, -0.2) is 38.4 Å². The van der Waals surface area contributed by atoms with Gasteiger partial charge in [0.15, 0.2) is 17.1 Å². The Balaban J connectivity index is 1.93. The monoisotopic (exact) mass is 408 g/mol. The number of Topliss-reactive ketones (excluding diaryl/α,β-unsaturated/α-hetero) is 2. The number of hydrogen-bond donors (Lipinski definition) is 5. The van der Waals surface area contributed by atoms with Gasteiger partial charge in [-0.15, -0.1) is 6.42 Å². The number of fused-ring (bicyclic) bond motifs is 3. The SMILES string of the molecule is C#Cc1cc2c(c(O)c1N)C(=O)C1=C(O)[C@]3(O)C(=O)C(C(N)=O)=C(C)C[C@@H]3C[C@@H]1C2. The van der Waals surface area contributed by atoms with E-state index in [1.807, 2.05) is 0 Å². The van der Waals surface area contributed by atoms with Crippen LogP contribution < -0.4 is 11.5 Å². The minimum atomic E-state index is -2.43. The number of rotatable bonds is 1. The van der Waals surface area contributed by atoms with Crippen molar-refractivity contribution in [3.8, 4) is 18.1 Å². The summed E-state index contributed by atoms with van der Waals surface area (Å²) < 4.78 is 0. The third-order valence-electron chi connectivity index (χ3n) is 6.50. The van der Waals surface area contributed by atoms with E-state index in [1.54, 1.807) is 13.0 Å². The van der Waals surface area contributed by atoms with Crippen LogP contribution in [0.1, 0.15) is 41.3 Å². The maximum atomic E-state index is 13.2. The van der Waals surface area contributed by atoms with Crippen LogP contribution >= 0.6 is 0 Å². The second kappa shape index (κ2) is 6.21. The van der Waals surface area contributed by atoms with Crippen LogP contribution in [0, 0.1) is 24.2 Å². The second-order valence-corrected chi connectivity index (χ2v) is 8.11. The number of hydrogen-bond acceptors (Lipinski definition) is 7. The maximum Gasteiger partial charge on any atom is 0.252 e. The van der Waals surface area contributed by atoms with E-state index in [0.29, 0.717) is 11.1 Å². The van der Waals surface area contributed by atoms with Crippen LogP contribution in [0.5, 0.6) is 5.75 Å². The molecule has 0 spiro atoms. The Kier molecular flexibility index (Phi) is 4.09. The Hall–Kier alpha value is -3.57. The van der Waals surface area contributed by atoms with Gasteiger partial charge in [0.25, 0.3) is 5.91 Å². The van der Waals surface area contributed by atoms with E-state index >= 15 is 0 Å². The molecule has 0 fully saturated rings. The van der Waals surface area contributed by atoms with Crippen molar-refractivity contribution in [3.63, 3.8) is 0 Å². The average molecular weight is 408 g/mol. The maximum absolute atomic E-state index is 13.2. The van der Waals surface area contributed by atoms with Crippen molar-refractivity contribution in [1.29, 1.82) is 0 Å². The molecule has 0 heterocycles. The minimum absolute atomic E-state index is 0.114. The number of terminal acetylenes is 1. The van der Waals surface area contributed by atoms with Gasteiger partial charge in [-0.05, 0) is 43.7 Å². The van der Waals surface area contributed by atoms with Crippen LogP contribution in [0.15, 0.2) is 28.5 Å². The van der Waals surface area contributed by atoms with Crippen molar-refractivity contribution in [2.45, 2.75) is 31.8 Å². The normalized spacial score (nSPS) is 27.9. The van der Waals surface area contributed by atoms with Gasteiger partial charge >= 0.3 is 0 Å². The molecule has 0 unspecified atom stereocenters. The zero-order chi connectivity index (χ0) is 22.1. The number of nitrogen functional groups attached to an aromatic ring is 1. The van der Waals surface area contributed by atoms with E-state index in [2.05, 4.69) is 5.92 Å². The van der Waals surface area contributed by atoms with Gasteiger partial charge in [0.05, 0.1) is 22.4 Å². The molecule has 3 aliphatic rings. The van der Waals surface area contributed by atoms with Gasteiger partial charge in [0.2, 0.25) is 5.78 Å². The Morgan fingerprint density at radius 1 is 1.30 bits per heavy atom. The van der Waals surface area contributed by atoms with E-state index in [1.165, 1.54) is 0 Å². The summed E-state index contributed by atoms with van der Waals surface area (Å²) in [5.41, 5.74) is 9.08. The van der Waals surface area contributed by atoms with Crippen LogP contribution in [0.25, 0.3) is 0 Å². The highest BCUT2D eigenvalue weighted by molar-refractivity contribution is 6.24. The van der Waals surface area contributed by atoms with Gasteiger partial charge in [0, 0.05) is 11.5 Å². The molecule has 7 N–H and O–H groups in total. The topological polar surface area (TPSA) is 164 Å². The minimum Gasteiger partial charge on any atom is -0.508 e. The molecule has 0 saturated heterocycles. The summed E-state index contributed by atoms with van der Waals surface area (Å²) in [6, 6.07) is 1.55. The van der Waals surface area contributed by atoms with Crippen molar-refractivity contribution < 1.29 is 29.7 Å². The lowest BCUT2D eigenvalue weighted by molar-refractivity contribution is -0.143. The fourth-order valence-corrected chi connectivity index (χ4v) is 5.08. The lowest BCUT2D eigenvalue weighted by atomic mass is 9.59. The smallest absolute Gasteiger partial charge is 0.252 e. The highest BCUT2D eigenvalue weighted by atomic mass is 16.3. The molecule has 154 valence electrons. The summed E-state index contributed by atoms with van der Waals surface area (Å²) in [4.78, 5) is 38.0. The zero-order valence-electron chi connectivity index (χ0n) is 16.2. The molecular weight excluding hydrogens is 388 g/mol. The molecule has 1 aromatic carbocycles. The molecule has 8 heteroatoms. The molecule has 0 saturated carbocycles. The van der Waals surface area contributed by atoms with Gasteiger partial charge in [0.1, 0.15) is 5.76 Å². The fourth-order valence-electron chi connectivity index (χ4n) is 5.08. The molecule has 0 aliphatic heterocycles. The summed E-state index contributed by atoms with van der Waals surface area (Å²) in [6.45, 7) is 1.58. The lowest BCUT2D eigenvalue weighted by Gasteiger charge is -2.46. The molecular formula is C22H20N2O6. The molecule has 1 amide bonds. The number of amides is 1. The molecule has 4 rings (SSSR count). The number of aliphatic hydroxyl groups is 2. The van der Waals surface area contributed by atoms with E-state index in [0.717, 1.165) is 0 Å². The first-order valence-corrected chi connectivity index (χ1v) is 9.39. The standard InChI is InChI=1S/C22H20N2O6/c1-3-9-5-10-6-11-7-12-4-8(2)13(21(24)29)19(27)22(12,30)20(28)15(11)17(25)14(10)18(26)16(9)23/h1,5,11-12,26,28,30H,4,6-7,23H2,2H3,(H2,24,29)/t11-,12+,22+/m0/s1. The van der Waals surface area contributed by atoms with Gasteiger partial charge in [-0.3, -0.25) is 14.4 Å². The highest BCUT2D eigenvalue weighted by Crippen LogP contribution is 2.52. The quantitative estimate of drug-likeness (QED) is 0.197. The van der Waals surface area contributed by atoms with E-state index in [-0.39, 0.29) is 47.2 Å². The van der Waals surface area contributed by atoms with Crippen molar-refractivity contribution >= 4 is 23.2 Å². The van der Waals surface area contributed by atoms with Crippen LogP contribution in [-0.2, 0) is 16.0 Å². The van der Waals surface area contributed by atoms with E-state index < -0.39 is 46.4 Å². The molecule has 0 bridgehead atoms. The largest absolute Gasteiger partial charge is 0.508 e. The van der Waals surface area contributed by atoms with Gasteiger partial charge < -0.3 is 26.8 Å². The number of allylic oxidation sites excluding steroid dienone is 2. The number of aliphatic hydroxyl groups excluding tert-OH is 1. The first-order valence-electron chi connectivity index (χ1n) is 9.39. The number of phenolic OH excluding ortho intramolecular Hbond substituents is 1. The van der Waals surface area contributed by atoms with Gasteiger partial charge in [-0.2, -0.15) is 0 Å². The first-order chi connectivity index (χ1) is 14.0. The Bertz CT molecular complexity index is 1170. The number of benzene rings is 1. The lowest BCUT2D eigenvalue weighted by Crippen LogP contribution is -2.57. The number of carbonyl (C=O) groups excluding carboxylic acids is 3. The average Bonchev–Trinajstić information content (AvgIpc) is 2.67.